The van der Waals surface area contributed by atoms with Crippen molar-refractivity contribution < 1.29 is 19.0 Å². The van der Waals surface area contributed by atoms with Gasteiger partial charge in [0, 0.05) is 17.5 Å². The number of methoxy groups -OCH3 is 1. The van der Waals surface area contributed by atoms with Gasteiger partial charge in [-0.2, -0.15) is 5.26 Å². The first-order valence-corrected chi connectivity index (χ1v) is 8.09. The van der Waals surface area contributed by atoms with Gasteiger partial charge < -0.3 is 14.2 Å². The van der Waals surface area contributed by atoms with E-state index in [4.69, 9.17) is 31.1 Å². The molecule has 0 radical (unpaired) electrons. The van der Waals surface area contributed by atoms with Crippen molar-refractivity contribution in [2.45, 2.75) is 19.8 Å². The number of aryl methyl sites for hydroxylation is 1. The van der Waals surface area contributed by atoms with Crippen molar-refractivity contribution in [2.75, 3.05) is 13.7 Å². The Labute approximate surface area is 151 Å². The Kier molecular flexibility index (Phi) is 6.67. The predicted octanol–water partition coefficient (Wildman–Crippen LogP) is 4.29. The molecule has 0 unspecified atom stereocenters. The molecule has 2 aromatic rings. The third kappa shape index (κ3) is 5.40. The van der Waals surface area contributed by atoms with Crippen LogP contribution in [0.5, 0.6) is 17.2 Å². The second-order valence-electron chi connectivity index (χ2n) is 5.31. The fourth-order valence-corrected chi connectivity index (χ4v) is 2.23. The van der Waals surface area contributed by atoms with E-state index in [2.05, 4.69) is 0 Å². The number of esters is 1. The van der Waals surface area contributed by atoms with Gasteiger partial charge >= 0.3 is 5.97 Å². The Hall–Kier alpha value is -2.71. The van der Waals surface area contributed by atoms with Gasteiger partial charge in [-0.25, -0.2) is 0 Å². The second-order valence-corrected chi connectivity index (χ2v) is 5.72. The molecule has 6 heteroatoms. The smallest absolute Gasteiger partial charge is 0.311 e. The molecule has 0 aliphatic heterocycles. The highest BCUT2D eigenvalue weighted by Gasteiger charge is 2.11. The molecule has 0 saturated heterocycles. The molecule has 0 aliphatic rings. The zero-order valence-corrected chi connectivity index (χ0v) is 14.8. The monoisotopic (exact) mass is 359 g/mol. The maximum absolute atomic E-state index is 11.9. The van der Waals surface area contributed by atoms with E-state index in [0.29, 0.717) is 40.9 Å². The first-order valence-electron chi connectivity index (χ1n) is 7.71. The topological polar surface area (TPSA) is 68.5 Å². The standard InChI is InChI=1S/C19H18ClNO4/c1-13-10-15(6-7-16(13)20)24-9-3-4-19(22)25-17-8-5-14(12-21)11-18(17)23-2/h5-8,10-11H,3-4,9H2,1-2H3. The molecule has 0 saturated carbocycles. The van der Waals surface area contributed by atoms with Crippen molar-refractivity contribution in [3.05, 3.63) is 52.5 Å². The summed E-state index contributed by atoms with van der Waals surface area (Å²) in [7, 11) is 1.45. The molecule has 130 valence electrons. The SMILES string of the molecule is COc1cc(C#N)ccc1OC(=O)CCCOc1ccc(Cl)c(C)c1. The molecular formula is C19H18ClNO4. The largest absolute Gasteiger partial charge is 0.494 e. The van der Waals surface area contributed by atoms with Gasteiger partial charge in [-0.15, -0.1) is 0 Å². The Morgan fingerprint density at radius 1 is 1.20 bits per heavy atom. The molecule has 0 N–H and O–H groups in total. The van der Waals surface area contributed by atoms with Crippen LogP contribution in [0.2, 0.25) is 5.02 Å². The van der Waals surface area contributed by atoms with E-state index < -0.39 is 0 Å². The Morgan fingerprint density at radius 3 is 2.68 bits per heavy atom. The van der Waals surface area contributed by atoms with E-state index in [1.807, 2.05) is 19.1 Å². The van der Waals surface area contributed by atoms with Gasteiger partial charge in [0.2, 0.25) is 0 Å². The molecule has 0 fully saturated rings. The van der Waals surface area contributed by atoms with Crippen molar-refractivity contribution in [3.8, 4) is 23.3 Å². The van der Waals surface area contributed by atoms with Crippen LogP contribution in [-0.4, -0.2) is 19.7 Å². The summed E-state index contributed by atoms with van der Waals surface area (Å²) in [5.74, 6) is 0.962. The van der Waals surface area contributed by atoms with Crippen LogP contribution in [0.25, 0.3) is 0 Å². The predicted molar refractivity (Wildman–Crippen MR) is 94.3 cm³/mol. The summed E-state index contributed by atoms with van der Waals surface area (Å²) in [6.45, 7) is 2.29. The van der Waals surface area contributed by atoms with Crippen LogP contribution in [0.4, 0.5) is 0 Å². The highest BCUT2D eigenvalue weighted by atomic mass is 35.5. The van der Waals surface area contributed by atoms with Gasteiger partial charge in [0.25, 0.3) is 0 Å². The van der Waals surface area contributed by atoms with Crippen LogP contribution >= 0.6 is 11.6 Å². The number of ether oxygens (including phenoxy) is 3. The second kappa shape index (κ2) is 8.95. The van der Waals surface area contributed by atoms with Crippen LogP contribution < -0.4 is 14.2 Å². The van der Waals surface area contributed by atoms with E-state index in [-0.39, 0.29) is 12.4 Å². The number of halogens is 1. The van der Waals surface area contributed by atoms with E-state index >= 15 is 0 Å². The molecule has 0 atom stereocenters. The van der Waals surface area contributed by atoms with Crippen molar-refractivity contribution in [2.24, 2.45) is 0 Å². The first kappa shape index (κ1) is 18.6. The number of nitriles is 1. The number of hydrogen-bond acceptors (Lipinski definition) is 5. The van der Waals surface area contributed by atoms with Crippen LogP contribution in [0.3, 0.4) is 0 Å². The molecule has 0 bridgehead atoms. The van der Waals surface area contributed by atoms with Crippen LogP contribution in [-0.2, 0) is 4.79 Å². The summed E-state index contributed by atoms with van der Waals surface area (Å²) < 4.78 is 16.0. The minimum atomic E-state index is -0.390. The summed E-state index contributed by atoms with van der Waals surface area (Å²) in [5, 5.41) is 9.55. The molecule has 25 heavy (non-hydrogen) atoms. The summed E-state index contributed by atoms with van der Waals surface area (Å²) in [4.78, 5) is 11.9. The highest BCUT2D eigenvalue weighted by Crippen LogP contribution is 2.28. The van der Waals surface area contributed by atoms with Crippen molar-refractivity contribution in [1.29, 1.82) is 5.26 Å². The van der Waals surface area contributed by atoms with Gasteiger partial charge in [-0.3, -0.25) is 4.79 Å². The van der Waals surface area contributed by atoms with Gasteiger partial charge in [-0.05, 0) is 49.2 Å². The third-order valence-electron chi connectivity index (χ3n) is 3.44. The molecule has 5 nitrogen and oxygen atoms in total. The van der Waals surface area contributed by atoms with Gasteiger partial charge in [0.1, 0.15) is 5.75 Å². The third-order valence-corrected chi connectivity index (χ3v) is 3.86. The fourth-order valence-electron chi connectivity index (χ4n) is 2.11. The van der Waals surface area contributed by atoms with Gasteiger partial charge in [0.15, 0.2) is 11.5 Å². The first-order chi connectivity index (χ1) is 12.0. The summed E-state index contributed by atoms with van der Waals surface area (Å²) in [6, 6.07) is 12.0. The fraction of sp³-hybridized carbons (Fsp3) is 0.263. The van der Waals surface area contributed by atoms with E-state index in [1.165, 1.54) is 13.2 Å². The lowest BCUT2D eigenvalue weighted by atomic mass is 10.2. The molecular weight excluding hydrogens is 342 g/mol. The van der Waals surface area contributed by atoms with Crippen molar-refractivity contribution in [1.82, 2.24) is 0 Å². The number of benzene rings is 2. The minimum Gasteiger partial charge on any atom is -0.494 e. The normalized spacial score (nSPS) is 10.0. The Balaban J connectivity index is 1.81. The average molecular weight is 360 g/mol. The van der Waals surface area contributed by atoms with Crippen molar-refractivity contribution in [3.63, 3.8) is 0 Å². The molecule has 2 aromatic carbocycles. The number of rotatable bonds is 7. The lowest BCUT2D eigenvalue weighted by Crippen LogP contribution is -2.10. The molecule has 0 heterocycles. The summed E-state index contributed by atoms with van der Waals surface area (Å²) in [6.07, 6.45) is 0.717. The molecule has 0 spiro atoms. The number of nitrogens with zero attached hydrogens (tertiary/aromatic N) is 1. The molecule has 0 amide bonds. The Bertz CT molecular complexity index is 798. The maximum atomic E-state index is 11.9. The lowest BCUT2D eigenvalue weighted by Gasteiger charge is -2.10. The number of hydrogen-bond donors (Lipinski definition) is 0. The maximum Gasteiger partial charge on any atom is 0.311 e. The average Bonchev–Trinajstić information content (AvgIpc) is 2.62. The van der Waals surface area contributed by atoms with E-state index in [1.54, 1.807) is 24.3 Å². The molecule has 0 aromatic heterocycles. The zero-order valence-electron chi connectivity index (χ0n) is 14.0. The van der Waals surface area contributed by atoms with E-state index in [9.17, 15) is 4.79 Å². The minimum absolute atomic E-state index is 0.204. The van der Waals surface area contributed by atoms with Crippen molar-refractivity contribution >= 4 is 17.6 Å². The zero-order chi connectivity index (χ0) is 18.2. The lowest BCUT2D eigenvalue weighted by molar-refractivity contribution is -0.134. The highest BCUT2D eigenvalue weighted by molar-refractivity contribution is 6.31. The molecule has 0 aliphatic carbocycles. The van der Waals surface area contributed by atoms with Gasteiger partial charge in [-0.1, -0.05) is 11.6 Å². The quantitative estimate of drug-likeness (QED) is 0.419. The summed E-state index contributed by atoms with van der Waals surface area (Å²) in [5.41, 5.74) is 1.37. The van der Waals surface area contributed by atoms with E-state index in [0.717, 1.165) is 5.56 Å². The van der Waals surface area contributed by atoms with Crippen LogP contribution in [0.15, 0.2) is 36.4 Å². The van der Waals surface area contributed by atoms with Gasteiger partial charge in [0.05, 0.1) is 25.3 Å². The number of carbonyl (C=O) groups is 1. The van der Waals surface area contributed by atoms with Crippen LogP contribution in [0.1, 0.15) is 24.0 Å². The summed E-state index contributed by atoms with van der Waals surface area (Å²) >= 11 is 5.96. The molecule has 2 rings (SSSR count). The van der Waals surface area contributed by atoms with Crippen LogP contribution in [0, 0.1) is 18.3 Å². The Morgan fingerprint density at radius 2 is 2.00 bits per heavy atom. The number of carbonyl (C=O) groups excluding carboxylic acids is 1.